The Hall–Kier alpha value is -1.93. The molecule has 0 spiro atoms. The zero-order valence-electron chi connectivity index (χ0n) is 10.9. The molecule has 0 atom stereocenters. The van der Waals surface area contributed by atoms with Crippen molar-refractivity contribution in [3.8, 4) is 0 Å². The van der Waals surface area contributed by atoms with Crippen LogP contribution < -0.4 is 10.5 Å². The van der Waals surface area contributed by atoms with Gasteiger partial charge in [-0.15, -0.1) is 0 Å². The second-order valence-corrected chi connectivity index (χ2v) is 6.10. The minimum atomic E-state index is -3.83. The minimum Gasteiger partial charge on any atom is -0.398 e. The lowest BCUT2D eigenvalue weighted by molar-refractivity contribution is 0.559. The van der Waals surface area contributed by atoms with E-state index in [4.69, 9.17) is 5.73 Å². The third kappa shape index (κ3) is 3.34. The first-order valence-electron chi connectivity index (χ1n) is 5.92. The van der Waals surface area contributed by atoms with E-state index in [0.717, 1.165) is 17.7 Å². The van der Waals surface area contributed by atoms with Crippen LogP contribution in [0.1, 0.15) is 5.56 Å². The summed E-state index contributed by atoms with van der Waals surface area (Å²) >= 11 is 0. The molecule has 0 saturated carbocycles. The number of nitrogens with zero attached hydrogens (tertiary/aromatic N) is 2. The second-order valence-electron chi connectivity index (χ2n) is 4.36. The van der Waals surface area contributed by atoms with Gasteiger partial charge in [-0.25, -0.2) is 17.5 Å². The van der Waals surface area contributed by atoms with E-state index in [0.29, 0.717) is 6.54 Å². The Kier molecular flexibility index (Phi) is 4.05. The molecule has 3 N–H and O–H groups in total. The van der Waals surface area contributed by atoms with Crippen LogP contribution >= 0.6 is 0 Å². The van der Waals surface area contributed by atoms with Crippen molar-refractivity contribution in [3.63, 3.8) is 0 Å². The topological polar surface area (TPSA) is 90.0 Å². The van der Waals surface area contributed by atoms with Crippen LogP contribution in [0.3, 0.4) is 0 Å². The number of benzene rings is 1. The van der Waals surface area contributed by atoms with Crippen LogP contribution in [0, 0.1) is 12.7 Å². The van der Waals surface area contributed by atoms with E-state index in [1.54, 1.807) is 17.1 Å². The van der Waals surface area contributed by atoms with E-state index < -0.39 is 15.8 Å². The first kappa shape index (κ1) is 14.5. The maximum absolute atomic E-state index is 13.1. The summed E-state index contributed by atoms with van der Waals surface area (Å²) in [5.74, 6) is -0.651. The Bertz CT molecular complexity index is 712. The molecule has 0 bridgehead atoms. The highest BCUT2D eigenvalue weighted by atomic mass is 32.2. The molecule has 0 fully saturated rings. The lowest BCUT2D eigenvalue weighted by Gasteiger charge is -2.09. The van der Waals surface area contributed by atoms with E-state index in [1.165, 1.54) is 6.07 Å². The lowest BCUT2D eigenvalue weighted by atomic mass is 10.3. The largest absolute Gasteiger partial charge is 0.398 e. The zero-order valence-corrected chi connectivity index (χ0v) is 11.7. The maximum Gasteiger partial charge on any atom is 0.242 e. The van der Waals surface area contributed by atoms with E-state index in [2.05, 4.69) is 9.82 Å². The molecule has 2 rings (SSSR count). The third-order valence-corrected chi connectivity index (χ3v) is 4.18. The lowest BCUT2D eigenvalue weighted by Crippen LogP contribution is -2.28. The first-order chi connectivity index (χ1) is 9.38. The highest BCUT2D eigenvalue weighted by Gasteiger charge is 2.17. The van der Waals surface area contributed by atoms with Gasteiger partial charge in [0.2, 0.25) is 10.0 Å². The Morgan fingerprint density at radius 3 is 2.85 bits per heavy atom. The number of aromatic nitrogens is 2. The van der Waals surface area contributed by atoms with Crippen LogP contribution in [-0.2, 0) is 16.6 Å². The van der Waals surface area contributed by atoms with Gasteiger partial charge in [0.25, 0.3) is 0 Å². The highest BCUT2D eigenvalue weighted by Crippen LogP contribution is 2.18. The average Bonchev–Trinajstić information content (AvgIpc) is 2.78. The summed E-state index contributed by atoms with van der Waals surface area (Å²) in [4.78, 5) is -0.255. The van der Waals surface area contributed by atoms with Crippen molar-refractivity contribution in [3.05, 3.63) is 42.0 Å². The van der Waals surface area contributed by atoms with Gasteiger partial charge in [0.05, 0.1) is 18.4 Å². The van der Waals surface area contributed by atoms with Gasteiger partial charge >= 0.3 is 0 Å². The van der Waals surface area contributed by atoms with Gasteiger partial charge in [-0.05, 0) is 30.7 Å². The molecule has 0 aliphatic heterocycles. The van der Waals surface area contributed by atoms with Gasteiger partial charge in [0.15, 0.2) is 0 Å². The molecule has 2 aromatic rings. The van der Waals surface area contributed by atoms with Crippen molar-refractivity contribution in [2.24, 2.45) is 0 Å². The predicted octanol–water partition coefficient (Wildman–Crippen LogP) is 0.891. The summed E-state index contributed by atoms with van der Waals surface area (Å²) in [7, 11) is -3.83. The van der Waals surface area contributed by atoms with Crippen molar-refractivity contribution in [1.29, 1.82) is 0 Å². The van der Waals surface area contributed by atoms with Crippen LogP contribution in [0.2, 0.25) is 0 Å². The van der Waals surface area contributed by atoms with Gasteiger partial charge in [0.1, 0.15) is 10.7 Å². The van der Waals surface area contributed by atoms with E-state index >= 15 is 0 Å². The van der Waals surface area contributed by atoms with Crippen molar-refractivity contribution < 1.29 is 12.8 Å². The molecular formula is C12H15FN4O2S. The molecule has 20 heavy (non-hydrogen) atoms. The summed E-state index contributed by atoms with van der Waals surface area (Å²) < 4.78 is 41.1. The van der Waals surface area contributed by atoms with Gasteiger partial charge in [-0.2, -0.15) is 5.10 Å². The van der Waals surface area contributed by atoms with Gasteiger partial charge < -0.3 is 5.73 Å². The summed E-state index contributed by atoms with van der Waals surface area (Å²) in [5, 5.41) is 4.04. The normalized spacial score (nSPS) is 11.7. The Morgan fingerprint density at radius 1 is 1.45 bits per heavy atom. The van der Waals surface area contributed by atoms with E-state index in [9.17, 15) is 12.8 Å². The van der Waals surface area contributed by atoms with Crippen molar-refractivity contribution in [2.75, 3.05) is 12.3 Å². The monoisotopic (exact) mass is 298 g/mol. The molecule has 0 aliphatic carbocycles. The standard InChI is InChI=1S/C12H15FN4O2S/c1-9-7-15-17(8-9)5-4-16-20(18,19)12-6-10(13)2-3-11(12)14/h2-3,6-8,16H,4-5,14H2,1H3. The highest BCUT2D eigenvalue weighted by molar-refractivity contribution is 7.89. The van der Waals surface area contributed by atoms with Crippen LogP contribution in [-0.4, -0.2) is 24.7 Å². The van der Waals surface area contributed by atoms with Crippen LogP contribution in [0.5, 0.6) is 0 Å². The number of halogens is 1. The van der Waals surface area contributed by atoms with Gasteiger partial charge in [-0.3, -0.25) is 4.68 Å². The van der Waals surface area contributed by atoms with Crippen molar-refractivity contribution in [2.45, 2.75) is 18.4 Å². The molecule has 8 heteroatoms. The SMILES string of the molecule is Cc1cnn(CCNS(=O)(=O)c2cc(F)ccc2N)c1. The molecule has 0 amide bonds. The summed E-state index contributed by atoms with van der Waals surface area (Å²) in [6, 6.07) is 3.23. The Balaban J connectivity index is 2.06. The molecule has 0 radical (unpaired) electrons. The first-order valence-corrected chi connectivity index (χ1v) is 7.40. The molecule has 1 aromatic heterocycles. The molecule has 1 aromatic carbocycles. The molecule has 0 saturated heterocycles. The van der Waals surface area contributed by atoms with Crippen molar-refractivity contribution in [1.82, 2.24) is 14.5 Å². The number of rotatable bonds is 5. The Labute approximate surface area is 116 Å². The van der Waals surface area contributed by atoms with Crippen molar-refractivity contribution >= 4 is 15.7 Å². The smallest absolute Gasteiger partial charge is 0.242 e. The number of sulfonamides is 1. The molecule has 108 valence electrons. The zero-order chi connectivity index (χ0) is 14.8. The van der Waals surface area contributed by atoms with Crippen LogP contribution in [0.25, 0.3) is 0 Å². The number of nitrogens with one attached hydrogen (secondary N) is 1. The summed E-state index contributed by atoms with van der Waals surface area (Å²) in [5.41, 5.74) is 6.55. The van der Waals surface area contributed by atoms with E-state index in [-0.39, 0.29) is 17.1 Å². The van der Waals surface area contributed by atoms with E-state index in [1.807, 2.05) is 6.92 Å². The fourth-order valence-corrected chi connectivity index (χ4v) is 2.86. The molecule has 6 nitrogen and oxygen atoms in total. The number of nitrogens with two attached hydrogens (primary N) is 1. The third-order valence-electron chi connectivity index (χ3n) is 2.66. The fourth-order valence-electron chi connectivity index (χ4n) is 1.70. The number of aryl methyl sites for hydroxylation is 1. The maximum atomic E-state index is 13.1. The Morgan fingerprint density at radius 2 is 2.20 bits per heavy atom. The average molecular weight is 298 g/mol. The molecule has 0 unspecified atom stereocenters. The van der Waals surface area contributed by atoms with Gasteiger partial charge in [0, 0.05) is 12.7 Å². The second kappa shape index (κ2) is 5.59. The predicted molar refractivity (Wildman–Crippen MR) is 73.0 cm³/mol. The fraction of sp³-hybridized carbons (Fsp3) is 0.250. The number of nitrogen functional groups attached to an aromatic ring is 1. The number of anilines is 1. The summed E-state index contributed by atoms with van der Waals surface area (Å²) in [6.45, 7) is 2.41. The number of hydrogen-bond acceptors (Lipinski definition) is 4. The van der Waals surface area contributed by atoms with Crippen LogP contribution in [0.4, 0.5) is 10.1 Å². The van der Waals surface area contributed by atoms with Crippen LogP contribution in [0.15, 0.2) is 35.5 Å². The summed E-state index contributed by atoms with van der Waals surface area (Å²) in [6.07, 6.45) is 3.48. The van der Waals surface area contributed by atoms with Gasteiger partial charge in [-0.1, -0.05) is 0 Å². The molecular weight excluding hydrogens is 283 g/mol. The number of hydrogen-bond donors (Lipinski definition) is 2. The minimum absolute atomic E-state index is 0.00818. The quantitative estimate of drug-likeness (QED) is 0.802. The molecule has 0 aliphatic rings. The molecule has 1 heterocycles.